The zero-order chi connectivity index (χ0) is 42.8. The van der Waals surface area contributed by atoms with Crippen LogP contribution in [0.3, 0.4) is 0 Å². The summed E-state index contributed by atoms with van der Waals surface area (Å²) >= 11 is 0. The number of carbonyl (C=O) groups is 8. The van der Waals surface area contributed by atoms with E-state index in [9.17, 15) is 38.4 Å². The smallest absolute Gasteiger partial charge is 0.415 e. The van der Waals surface area contributed by atoms with Crippen molar-refractivity contribution in [3.8, 4) is 17.2 Å². The molecule has 3 aromatic carbocycles. The van der Waals surface area contributed by atoms with Crippen LogP contribution in [-0.2, 0) is 42.9 Å². The van der Waals surface area contributed by atoms with Gasteiger partial charge in [-0.05, 0) is 49.2 Å². The Labute approximate surface area is 339 Å². The third-order valence-corrected chi connectivity index (χ3v) is 7.68. The highest BCUT2D eigenvalue weighted by atomic mass is 16.6. The monoisotopic (exact) mass is 822 g/mol. The highest BCUT2D eigenvalue weighted by Gasteiger charge is 2.28. The van der Waals surface area contributed by atoms with E-state index in [4.69, 9.17) is 33.2 Å². The van der Waals surface area contributed by atoms with Gasteiger partial charge in [0.25, 0.3) is 0 Å². The molecule has 59 heavy (non-hydrogen) atoms. The first-order chi connectivity index (χ1) is 28.5. The summed E-state index contributed by atoms with van der Waals surface area (Å²) in [6.07, 6.45) is -5.54. The van der Waals surface area contributed by atoms with Crippen LogP contribution in [0.15, 0.2) is 91.0 Å². The Bertz CT molecular complexity index is 1820. The van der Waals surface area contributed by atoms with Crippen molar-refractivity contribution >= 4 is 48.6 Å². The molecule has 0 saturated carbocycles. The van der Waals surface area contributed by atoms with E-state index in [1.54, 1.807) is 80.6 Å². The van der Waals surface area contributed by atoms with Gasteiger partial charge in [0, 0.05) is 25.7 Å². The quantitative estimate of drug-likeness (QED) is 0.0346. The first kappa shape index (κ1) is 46.2. The van der Waals surface area contributed by atoms with Gasteiger partial charge in [-0.25, -0.2) is 24.0 Å². The molecule has 4 unspecified atom stereocenters. The molecule has 4 amide bonds. The van der Waals surface area contributed by atoms with Crippen LogP contribution in [0, 0.1) is 0 Å². The molecule has 0 fully saturated rings. The molecular formula is C40H46N4O15. The molecule has 3 rings (SSSR count). The minimum atomic E-state index is -1.46. The number of benzene rings is 3. The first-order valence-corrected chi connectivity index (χ1v) is 18.5. The topological polar surface area (TPSA) is 249 Å². The van der Waals surface area contributed by atoms with E-state index >= 15 is 0 Å². The van der Waals surface area contributed by atoms with E-state index in [1.807, 2.05) is 0 Å². The third-order valence-electron chi connectivity index (χ3n) is 7.68. The van der Waals surface area contributed by atoms with Gasteiger partial charge in [0.1, 0.15) is 42.5 Å². The number of rotatable bonds is 23. The van der Waals surface area contributed by atoms with Crippen LogP contribution in [0.1, 0.15) is 52.4 Å². The number of nitrogens with one attached hydrogen (secondary N) is 4. The highest BCUT2D eigenvalue weighted by molar-refractivity contribution is 5.84. The Balaban J connectivity index is 1.58. The summed E-state index contributed by atoms with van der Waals surface area (Å²) in [6.45, 7) is 2.25. The molecule has 3 aromatic rings. The van der Waals surface area contributed by atoms with Crippen LogP contribution < -0.4 is 35.5 Å². The molecule has 0 heterocycles. The van der Waals surface area contributed by atoms with Gasteiger partial charge < -0.3 is 49.1 Å². The van der Waals surface area contributed by atoms with Crippen molar-refractivity contribution in [3.63, 3.8) is 0 Å². The largest absolute Gasteiger partial charge is 0.461 e. The first-order valence-electron chi connectivity index (χ1n) is 18.5. The molecule has 4 atom stereocenters. The number of hydrogen-bond acceptors (Lipinski definition) is 15. The Morgan fingerprint density at radius 2 is 0.881 bits per heavy atom. The molecule has 0 saturated heterocycles. The summed E-state index contributed by atoms with van der Waals surface area (Å²) < 4.78 is 36.5. The number of hydrogen-bond donors (Lipinski definition) is 4. The van der Waals surface area contributed by atoms with Crippen LogP contribution >= 0.6 is 0 Å². The van der Waals surface area contributed by atoms with Gasteiger partial charge >= 0.3 is 42.2 Å². The predicted octanol–water partition coefficient (Wildman–Crippen LogP) is 4.04. The minimum absolute atomic E-state index is 0.162. The highest BCUT2D eigenvalue weighted by Crippen LogP contribution is 2.13. The number of carbonyl (C=O) groups excluding carboxylic acids is 8. The van der Waals surface area contributed by atoms with E-state index in [-0.39, 0.29) is 49.4 Å². The average Bonchev–Trinajstić information content (AvgIpc) is 3.22. The van der Waals surface area contributed by atoms with Gasteiger partial charge in [-0.2, -0.15) is 0 Å². The Morgan fingerprint density at radius 1 is 0.525 bits per heavy atom. The second-order valence-corrected chi connectivity index (χ2v) is 12.1. The van der Waals surface area contributed by atoms with E-state index in [0.717, 1.165) is 0 Å². The molecule has 0 spiro atoms. The van der Waals surface area contributed by atoms with Crippen LogP contribution in [0.25, 0.3) is 0 Å². The summed E-state index contributed by atoms with van der Waals surface area (Å²) in [5.41, 5.74) is 0. The molecule has 0 bridgehead atoms. The van der Waals surface area contributed by atoms with E-state index < -0.39 is 86.3 Å². The maximum absolute atomic E-state index is 13.2. The molecule has 0 aliphatic rings. The molecule has 19 nitrogen and oxygen atoms in total. The molecule has 0 aliphatic heterocycles. The van der Waals surface area contributed by atoms with Crippen molar-refractivity contribution in [2.24, 2.45) is 0 Å². The number of amides is 4. The summed E-state index contributed by atoms with van der Waals surface area (Å²) in [4.78, 5) is 99.8. The fourth-order valence-electron chi connectivity index (χ4n) is 4.76. The number of esters is 4. The second kappa shape index (κ2) is 25.9. The van der Waals surface area contributed by atoms with Gasteiger partial charge in [-0.1, -0.05) is 68.4 Å². The van der Waals surface area contributed by atoms with Gasteiger partial charge in [-0.15, -0.1) is 0 Å². The summed E-state index contributed by atoms with van der Waals surface area (Å²) in [5, 5.41) is 9.42. The van der Waals surface area contributed by atoms with Crippen molar-refractivity contribution in [2.45, 2.75) is 76.9 Å². The molecule has 316 valence electrons. The normalized spacial score (nSPS) is 12.4. The lowest BCUT2D eigenvalue weighted by Crippen LogP contribution is -2.45. The Morgan fingerprint density at radius 3 is 1.24 bits per heavy atom. The van der Waals surface area contributed by atoms with Gasteiger partial charge in [0.05, 0.1) is 0 Å². The van der Waals surface area contributed by atoms with Crippen molar-refractivity contribution < 1.29 is 71.5 Å². The molecule has 19 heteroatoms. The molecule has 0 aliphatic carbocycles. The van der Waals surface area contributed by atoms with Crippen molar-refractivity contribution in [3.05, 3.63) is 91.0 Å². The fraction of sp³-hybridized carbons (Fsp3) is 0.350. The van der Waals surface area contributed by atoms with Crippen LogP contribution in [0.5, 0.6) is 17.2 Å². The Kier molecular flexibility index (Phi) is 20.3. The zero-order valence-electron chi connectivity index (χ0n) is 32.3. The van der Waals surface area contributed by atoms with Crippen molar-refractivity contribution in [1.82, 2.24) is 21.3 Å². The van der Waals surface area contributed by atoms with E-state index in [1.165, 1.54) is 24.3 Å². The zero-order valence-corrected chi connectivity index (χ0v) is 32.3. The molecule has 4 N–H and O–H groups in total. The van der Waals surface area contributed by atoms with Gasteiger partial charge in [-0.3, -0.25) is 19.7 Å². The molecule has 0 aromatic heterocycles. The van der Waals surface area contributed by atoms with Gasteiger partial charge in [0.15, 0.2) is 12.5 Å². The van der Waals surface area contributed by atoms with Crippen LogP contribution in [-0.4, -0.2) is 86.3 Å². The molecule has 0 radical (unpaired) electrons. The number of ether oxygens (including phenoxy) is 7. The standard InChI is InChI=1S/C40H46N4O15/c1-3-32(41-26-45)58-34(46)22-20-30(42-38(50)55-27-14-8-5-9-15-27)36(48)53-24-25-54-37(49)31(43-39(51)56-28-16-10-6-11-17-28)21-23-35(47)59-33(4-2)44-40(52)57-29-18-12-7-13-19-29/h5-19,26,30-33H,3-4,20-25H2,1-2H3,(H,41,45)(H,42,50)(H,43,51)(H,44,52). The second-order valence-electron chi connectivity index (χ2n) is 12.1. The van der Waals surface area contributed by atoms with Crippen LogP contribution in [0.4, 0.5) is 14.4 Å². The summed E-state index contributed by atoms with van der Waals surface area (Å²) in [6, 6.07) is 21.2. The SMILES string of the molecule is CCC(NC=O)OC(=O)CCC(NC(=O)Oc1ccccc1)C(=O)OCCOC(=O)C(CCC(=O)OC(CC)NC(=O)Oc1ccccc1)NC(=O)Oc1ccccc1. The predicted molar refractivity (Wildman–Crippen MR) is 204 cm³/mol. The lowest BCUT2D eigenvalue weighted by molar-refractivity contribution is -0.157. The maximum Gasteiger partial charge on any atom is 0.415 e. The molecular weight excluding hydrogens is 776 g/mol. The van der Waals surface area contributed by atoms with E-state index in [0.29, 0.717) is 6.41 Å². The van der Waals surface area contributed by atoms with Crippen molar-refractivity contribution in [2.75, 3.05) is 13.2 Å². The number of para-hydroxylation sites is 3. The van der Waals surface area contributed by atoms with Gasteiger partial charge in [0.2, 0.25) is 6.41 Å². The summed E-state index contributed by atoms with van der Waals surface area (Å²) in [5.74, 6) is -3.07. The van der Waals surface area contributed by atoms with Crippen molar-refractivity contribution in [1.29, 1.82) is 0 Å². The lowest BCUT2D eigenvalue weighted by atomic mass is 10.1. The maximum atomic E-state index is 13.2. The summed E-state index contributed by atoms with van der Waals surface area (Å²) in [7, 11) is 0. The third kappa shape index (κ3) is 18.5. The minimum Gasteiger partial charge on any atom is -0.461 e. The Hall–Kier alpha value is -7.18. The van der Waals surface area contributed by atoms with E-state index in [2.05, 4.69) is 21.3 Å². The fourth-order valence-corrected chi connectivity index (χ4v) is 4.76. The van der Waals surface area contributed by atoms with Crippen LogP contribution in [0.2, 0.25) is 0 Å². The average molecular weight is 823 g/mol. The lowest BCUT2D eigenvalue weighted by Gasteiger charge is -2.20.